The van der Waals surface area contributed by atoms with Crippen LogP contribution >= 0.6 is 15.9 Å². The maximum Gasteiger partial charge on any atom is 0.242 e. The van der Waals surface area contributed by atoms with Crippen molar-refractivity contribution in [2.45, 2.75) is 24.3 Å². The quantitative estimate of drug-likeness (QED) is 0.918. The topological polar surface area (TPSA) is 59.1 Å². The van der Waals surface area contributed by atoms with Gasteiger partial charge in [-0.25, -0.2) is 13.1 Å². The minimum absolute atomic E-state index is 0.0916. The number of nitrogens with one attached hydrogen (secondary N) is 1. The number of nitrogens with zero attached hydrogens (tertiary/aromatic N) is 1. The van der Waals surface area contributed by atoms with Gasteiger partial charge in [0, 0.05) is 22.9 Å². The van der Waals surface area contributed by atoms with Crippen molar-refractivity contribution >= 4 is 26.0 Å². The first-order chi connectivity index (χ1) is 6.99. The van der Waals surface area contributed by atoms with Gasteiger partial charge in [-0.05, 0) is 34.3 Å². The summed E-state index contributed by atoms with van der Waals surface area (Å²) in [6.07, 6.45) is 3.82. The molecule has 2 atom stereocenters. The molecule has 2 rings (SSSR count). The van der Waals surface area contributed by atoms with E-state index in [9.17, 15) is 8.42 Å². The van der Waals surface area contributed by atoms with Crippen molar-refractivity contribution in [3.05, 3.63) is 22.9 Å². The monoisotopic (exact) mass is 290 g/mol. The summed E-state index contributed by atoms with van der Waals surface area (Å²) in [5, 5.41) is 0. The first-order valence-corrected chi connectivity index (χ1v) is 6.89. The molecule has 0 spiro atoms. The van der Waals surface area contributed by atoms with Crippen molar-refractivity contribution in [3.63, 3.8) is 0 Å². The fraction of sp³-hybridized carbons (Fsp3) is 0.444. The van der Waals surface area contributed by atoms with Crippen LogP contribution in [0.2, 0.25) is 0 Å². The number of pyridine rings is 1. The normalized spacial score (nSPS) is 25.2. The SMILES string of the molecule is CC1CC1NS(=O)(=O)c1cncc(Br)c1. The third-order valence-electron chi connectivity index (χ3n) is 2.41. The highest BCUT2D eigenvalue weighted by Crippen LogP contribution is 2.30. The van der Waals surface area contributed by atoms with E-state index in [1.165, 1.54) is 6.20 Å². The molecule has 4 nitrogen and oxygen atoms in total. The second kappa shape index (κ2) is 3.84. The average molecular weight is 291 g/mol. The maximum atomic E-state index is 11.8. The molecule has 1 aliphatic rings. The van der Waals surface area contributed by atoms with E-state index >= 15 is 0 Å². The van der Waals surface area contributed by atoms with E-state index in [0.29, 0.717) is 10.4 Å². The third kappa shape index (κ3) is 2.56. The molecule has 6 heteroatoms. The Morgan fingerprint density at radius 1 is 1.53 bits per heavy atom. The Kier molecular flexibility index (Phi) is 2.83. The van der Waals surface area contributed by atoms with Gasteiger partial charge in [0.2, 0.25) is 10.0 Å². The smallest absolute Gasteiger partial charge is 0.242 e. The second-order valence-electron chi connectivity index (χ2n) is 3.78. The summed E-state index contributed by atoms with van der Waals surface area (Å²) in [6, 6.07) is 1.64. The maximum absolute atomic E-state index is 11.8. The Labute approximate surface area is 97.3 Å². The second-order valence-corrected chi connectivity index (χ2v) is 6.41. The van der Waals surface area contributed by atoms with Crippen LogP contribution in [-0.4, -0.2) is 19.4 Å². The van der Waals surface area contributed by atoms with Gasteiger partial charge in [0.25, 0.3) is 0 Å². The molecule has 0 aliphatic heterocycles. The van der Waals surface area contributed by atoms with Crippen LogP contribution in [0.3, 0.4) is 0 Å². The van der Waals surface area contributed by atoms with Gasteiger partial charge in [0.1, 0.15) is 4.90 Å². The van der Waals surface area contributed by atoms with Gasteiger partial charge < -0.3 is 0 Å². The number of hydrogen-bond donors (Lipinski definition) is 1. The summed E-state index contributed by atoms with van der Waals surface area (Å²) in [5.41, 5.74) is 0. The Balaban J connectivity index is 2.21. The fourth-order valence-electron chi connectivity index (χ4n) is 1.29. The van der Waals surface area contributed by atoms with E-state index in [0.717, 1.165) is 6.42 Å². The molecule has 0 amide bonds. The fourth-order valence-corrected chi connectivity index (χ4v) is 3.15. The standard InChI is InChI=1S/C9H11BrN2O2S/c1-6-2-9(6)12-15(13,14)8-3-7(10)4-11-5-8/h3-6,9,12H,2H2,1H3. The summed E-state index contributed by atoms with van der Waals surface area (Å²) in [4.78, 5) is 4.04. The van der Waals surface area contributed by atoms with Crippen LogP contribution in [0.25, 0.3) is 0 Å². The highest BCUT2D eigenvalue weighted by Gasteiger charge is 2.36. The molecule has 0 bridgehead atoms. The molecule has 1 aromatic rings. The highest BCUT2D eigenvalue weighted by atomic mass is 79.9. The predicted molar refractivity (Wildman–Crippen MR) is 59.8 cm³/mol. The number of rotatable bonds is 3. The number of sulfonamides is 1. The van der Waals surface area contributed by atoms with E-state index < -0.39 is 10.0 Å². The molecular weight excluding hydrogens is 280 g/mol. The molecule has 15 heavy (non-hydrogen) atoms. The minimum atomic E-state index is -3.39. The Morgan fingerprint density at radius 3 is 2.73 bits per heavy atom. The van der Waals surface area contributed by atoms with Gasteiger partial charge in [-0.15, -0.1) is 0 Å². The summed E-state index contributed by atoms with van der Waals surface area (Å²) in [6.45, 7) is 2.02. The van der Waals surface area contributed by atoms with Crippen LogP contribution in [0.1, 0.15) is 13.3 Å². The molecule has 0 saturated heterocycles. The first-order valence-electron chi connectivity index (χ1n) is 4.62. The lowest BCUT2D eigenvalue weighted by atomic mass is 10.5. The summed E-state index contributed by atoms with van der Waals surface area (Å²) < 4.78 is 26.9. The zero-order valence-corrected chi connectivity index (χ0v) is 10.5. The molecule has 0 aromatic carbocycles. The van der Waals surface area contributed by atoms with E-state index in [4.69, 9.17) is 0 Å². The molecule has 0 radical (unpaired) electrons. The molecular formula is C9H11BrN2O2S. The molecule has 1 aromatic heterocycles. The Morgan fingerprint density at radius 2 is 2.20 bits per heavy atom. The van der Waals surface area contributed by atoms with Crippen LogP contribution in [0.15, 0.2) is 27.8 Å². The van der Waals surface area contributed by atoms with Gasteiger partial charge in [-0.2, -0.15) is 0 Å². The van der Waals surface area contributed by atoms with Crippen molar-refractivity contribution < 1.29 is 8.42 Å². The summed E-state index contributed by atoms with van der Waals surface area (Å²) in [5.74, 6) is 0.444. The van der Waals surface area contributed by atoms with Crippen molar-refractivity contribution in [1.29, 1.82) is 0 Å². The van der Waals surface area contributed by atoms with Crippen molar-refractivity contribution in [2.24, 2.45) is 5.92 Å². The molecule has 1 saturated carbocycles. The van der Waals surface area contributed by atoms with Gasteiger partial charge >= 0.3 is 0 Å². The van der Waals surface area contributed by atoms with Gasteiger partial charge in [0.15, 0.2) is 0 Å². The van der Waals surface area contributed by atoms with Gasteiger partial charge in [-0.3, -0.25) is 4.98 Å². The van der Waals surface area contributed by atoms with E-state index in [1.54, 1.807) is 12.3 Å². The molecule has 1 fully saturated rings. The van der Waals surface area contributed by atoms with Crippen LogP contribution in [-0.2, 0) is 10.0 Å². The lowest BCUT2D eigenvalue weighted by Gasteiger charge is -2.05. The Bertz CT molecular complexity index is 475. The molecule has 1 heterocycles. The van der Waals surface area contributed by atoms with Crippen molar-refractivity contribution in [1.82, 2.24) is 9.71 Å². The first kappa shape index (κ1) is 11.0. The molecule has 1 N–H and O–H groups in total. The number of aromatic nitrogens is 1. The largest absolute Gasteiger partial charge is 0.262 e. The van der Waals surface area contributed by atoms with E-state index in [1.807, 2.05) is 6.92 Å². The van der Waals surface area contributed by atoms with Crippen LogP contribution < -0.4 is 4.72 Å². The zero-order chi connectivity index (χ0) is 11.1. The van der Waals surface area contributed by atoms with Crippen LogP contribution in [0.4, 0.5) is 0 Å². The third-order valence-corrected chi connectivity index (χ3v) is 4.30. The van der Waals surface area contributed by atoms with Gasteiger partial charge in [-0.1, -0.05) is 6.92 Å². The predicted octanol–water partition coefficient (Wildman–Crippen LogP) is 1.53. The minimum Gasteiger partial charge on any atom is -0.262 e. The van der Waals surface area contributed by atoms with Crippen LogP contribution in [0.5, 0.6) is 0 Å². The van der Waals surface area contributed by atoms with Gasteiger partial charge in [0.05, 0.1) is 0 Å². The average Bonchev–Trinajstić information content (AvgIpc) is 2.80. The lowest BCUT2D eigenvalue weighted by Crippen LogP contribution is -2.26. The molecule has 1 aliphatic carbocycles. The zero-order valence-electron chi connectivity index (χ0n) is 8.14. The van der Waals surface area contributed by atoms with Crippen molar-refractivity contribution in [2.75, 3.05) is 0 Å². The molecule has 2 unspecified atom stereocenters. The van der Waals surface area contributed by atoms with Crippen LogP contribution in [0, 0.1) is 5.92 Å². The lowest BCUT2D eigenvalue weighted by molar-refractivity contribution is 0.578. The number of halogens is 1. The summed E-state index contributed by atoms with van der Waals surface area (Å²) in [7, 11) is -3.39. The highest BCUT2D eigenvalue weighted by molar-refractivity contribution is 9.10. The number of hydrogen-bond acceptors (Lipinski definition) is 3. The summed E-state index contributed by atoms with van der Waals surface area (Å²) >= 11 is 3.19. The van der Waals surface area contributed by atoms with E-state index in [-0.39, 0.29) is 10.9 Å². The Hall–Kier alpha value is -0.460. The molecule has 82 valence electrons. The van der Waals surface area contributed by atoms with E-state index in [2.05, 4.69) is 25.6 Å². The van der Waals surface area contributed by atoms with Crippen molar-refractivity contribution in [3.8, 4) is 0 Å².